The first-order valence-corrected chi connectivity index (χ1v) is 10.0. The number of halogens is 1. The molecule has 0 radical (unpaired) electrons. The van der Waals surface area contributed by atoms with Crippen molar-refractivity contribution in [1.82, 2.24) is 20.1 Å². The van der Waals surface area contributed by atoms with Crippen LogP contribution in [0.3, 0.4) is 0 Å². The molecule has 5 rings (SSSR count). The van der Waals surface area contributed by atoms with Gasteiger partial charge in [-0.3, -0.25) is 19.8 Å². The molecule has 1 fully saturated rings. The van der Waals surface area contributed by atoms with Crippen molar-refractivity contribution in [2.24, 2.45) is 0 Å². The van der Waals surface area contributed by atoms with Gasteiger partial charge in [-0.1, -0.05) is 6.07 Å². The summed E-state index contributed by atoms with van der Waals surface area (Å²) >= 11 is 0. The van der Waals surface area contributed by atoms with E-state index in [1.54, 1.807) is 30.9 Å². The molecule has 152 valence electrons. The van der Waals surface area contributed by atoms with Crippen LogP contribution in [0.15, 0.2) is 55.1 Å². The average Bonchev–Trinajstić information content (AvgIpc) is 3.12. The lowest BCUT2D eigenvalue weighted by Crippen LogP contribution is -2.26. The number of hydrogen-bond acceptors (Lipinski definition) is 4. The van der Waals surface area contributed by atoms with Crippen molar-refractivity contribution in [3.63, 3.8) is 0 Å². The highest BCUT2D eigenvalue weighted by Crippen LogP contribution is 2.42. The zero-order valence-corrected chi connectivity index (χ0v) is 16.4. The van der Waals surface area contributed by atoms with E-state index in [0.717, 1.165) is 41.0 Å². The smallest absolute Gasteiger partial charge is 0.248 e. The number of pyridine rings is 1. The van der Waals surface area contributed by atoms with Crippen molar-refractivity contribution >= 4 is 17.7 Å². The number of nitrogens with zero attached hydrogens (tertiary/aromatic N) is 3. The largest absolute Gasteiger partial charge is 0.323 e. The number of fused-ring (bicyclic) bond motifs is 1. The van der Waals surface area contributed by atoms with E-state index in [1.165, 1.54) is 11.6 Å². The van der Waals surface area contributed by atoms with Gasteiger partial charge in [0.1, 0.15) is 5.67 Å². The molecule has 3 heterocycles. The van der Waals surface area contributed by atoms with Crippen LogP contribution in [0, 0.1) is 0 Å². The number of aromatic amines is 1. The number of amides is 1. The van der Waals surface area contributed by atoms with Gasteiger partial charge in [0.05, 0.1) is 6.20 Å². The second-order valence-electron chi connectivity index (χ2n) is 8.05. The molecule has 1 aromatic carbocycles. The van der Waals surface area contributed by atoms with E-state index >= 15 is 0 Å². The Morgan fingerprint density at radius 1 is 1.23 bits per heavy atom. The van der Waals surface area contributed by atoms with E-state index in [0.29, 0.717) is 19.4 Å². The highest BCUT2D eigenvalue weighted by Gasteiger charge is 2.45. The zero-order chi connectivity index (χ0) is 20.6. The van der Waals surface area contributed by atoms with Crippen molar-refractivity contribution in [2.45, 2.75) is 31.6 Å². The minimum absolute atomic E-state index is 0.215. The van der Waals surface area contributed by atoms with Crippen molar-refractivity contribution in [3.05, 3.63) is 71.8 Å². The molecule has 1 saturated carbocycles. The molecule has 0 atom stereocenters. The molecular weight excluding hydrogens is 381 g/mol. The van der Waals surface area contributed by atoms with Crippen LogP contribution >= 0.6 is 0 Å². The Morgan fingerprint density at radius 2 is 2.10 bits per heavy atom. The molecule has 2 N–H and O–H groups in total. The van der Waals surface area contributed by atoms with Crippen LogP contribution in [0.25, 0.3) is 17.2 Å². The maximum absolute atomic E-state index is 14.1. The molecule has 0 unspecified atom stereocenters. The number of carbonyl (C=O) groups excluding carboxylic acids is 1. The topological polar surface area (TPSA) is 73.9 Å². The second-order valence-corrected chi connectivity index (χ2v) is 8.05. The number of nitrogens with one attached hydrogen (secondary N) is 2. The van der Waals surface area contributed by atoms with E-state index in [4.69, 9.17) is 0 Å². The minimum Gasteiger partial charge on any atom is -0.323 e. The van der Waals surface area contributed by atoms with Crippen LogP contribution in [0.2, 0.25) is 0 Å². The highest BCUT2D eigenvalue weighted by atomic mass is 19.1. The average molecular weight is 403 g/mol. The molecular formula is C23H22FN5O. The molecule has 2 aliphatic rings. The molecule has 0 saturated heterocycles. The Labute approximate surface area is 173 Å². The van der Waals surface area contributed by atoms with E-state index in [2.05, 4.69) is 25.4 Å². The molecule has 0 spiro atoms. The number of carbonyl (C=O) groups is 1. The van der Waals surface area contributed by atoms with Crippen LogP contribution in [-0.4, -0.2) is 38.2 Å². The van der Waals surface area contributed by atoms with E-state index in [1.807, 2.05) is 24.3 Å². The summed E-state index contributed by atoms with van der Waals surface area (Å²) in [5.41, 5.74) is 4.82. The molecule has 7 heteroatoms. The lowest BCUT2D eigenvalue weighted by atomic mass is 10.0. The lowest BCUT2D eigenvalue weighted by Gasteiger charge is -2.16. The van der Waals surface area contributed by atoms with Crippen molar-refractivity contribution < 1.29 is 9.18 Å². The Kier molecular flexibility index (Phi) is 4.67. The third kappa shape index (κ3) is 4.02. The Morgan fingerprint density at radius 3 is 2.90 bits per heavy atom. The minimum atomic E-state index is -0.981. The molecule has 1 aliphatic carbocycles. The quantitative estimate of drug-likeness (QED) is 0.612. The number of rotatable bonds is 6. The fraction of sp³-hybridized carbons (Fsp3) is 0.261. The number of anilines is 1. The highest BCUT2D eigenvalue weighted by molar-refractivity contribution is 6.02. The van der Waals surface area contributed by atoms with E-state index < -0.39 is 5.67 Å². The fourth-order valence-electron chi connectivity index (χ4n) is 3.90. The maximum Gasteiger partial charge on any atom is 0.248 e. The molecule has 6 nitrogen and oxygen atoms in total. The molecule has 0 bridgehead atoms. The van der Waals surface area contributed by atoms with Gasteiger partial charge in [-0.2, -0.15) is 5.10 Å². The van der Waals surface area contributed by atoms with Gasteiger partial charge in [-0.25, -0.2) is 4.39 Å². The zero-order valence-electron chi connectivity index (χ0n) is 16.4. The summed E-state index contributed by atoms with van der Waals surface area (Å²) < 4.78 is 14.1. The summed E-state index contributed by atoms with van der Waals surface area (Å²) in [7, 11) is 0. The first kappa shape index (κ1) is 18.7. The monoisotopic (exact) mass is 403 g/mol. The molecule has 3 aromatic rings. The summed E-state index contributed by atoms with van der Waals surface area (Å²) in [6.45, 7) is 1.99. The van der Waals surface area contributed by atoms with Gasteiger partial charge in [-0.15, -0.1) is 0 Å². The molecule has 30 heavy (non-hydrogen) atoms. The summed E-state index contributed by atoms with van der Waals surface area (Å²) in [6, 6.07) is 7.79. The van der Waals surface area contributed by atoms with Gasteiger partial charge in [0.15, 0.2) is 0 Å². The second kappa shape index (κ2) is 7.50. The first-order chi connectivity index (χ1) is 14.6. The molecule has 1 aliphatic heterocycles. The van der Waals surface area contributed by atoms with Crippen molar-refractivity contribution in [2.75, 3.05) is 11.9 Å². The van der Waals surface area contributed by atoms with Gasteiger partial charge < -0.3 is 5.32 Å². The van der Waals surface area contributed by atoms with Crippen LogP contribution < -0.4 is 5.32 Å². The fourth-order valence-corrected chi connectivity index (χ4v) is 3.90. The first-order valence-electron chi connectivity index (χ1n) is 10.0. The summed E-state index contributed by atoms with van der Waals surface area (Å²) in [5.74, 6) is -0.215. The number of alkyl halides is 1. The van der Waals surface area contributed by atoms with Gasteiger partial charge in [0.25, 0.3) is 0 Å². The van der Waals surface area contributed by atoms with Gasteiger partial charge in [0, 0.05) is 61.1 Å². The Bertz CT molecular complexity index is 1100. The van der Waals surface area contributed by atoms with Gasteiger partial charge in [0.2, 0.25) is 5.91 Å². The summed E-state index contributed by atoms with van der Waals surface area (Å²) in [5, 5.41) is 9.68. The van der Waals surface area contributed by atoms with E-state index in [-0.39, 0.29) is 5.91 Å². The van der Waals surface area contributed by atoms with Crippen LogP contribution in [0.5, 0.6) is 0 Å². The van der Waals surface area contributed by atoms with Gasteiger partial charge >= 0.3 is 0 Å². The summed E-state index contributed by atoms with van der Waals surface area (Å²) in [4.78, 5) is 18.7. The standard InChI is InChI=1S/C23H22FN5O/c24-23(6-7-23)15-29-13-17-1-3-20(9-18(17)14-29)28-22(30)4-2-16-10-25-8-5-21(16)19-11-26-27-12-19/h1-5,8-12H,6-7,13-15H2,(H,26,27)(H,28,30)/b4-2+. The predicted molar refractivity (Wildman–Crippen MR) is 113 cm³/mol. The number of hydrogen-bond donors (Lipinski definition) is 2. The molecule has 1 amide bonds. The van der Waals surface area contributed by atoms with E-state index in [9.17, 15) is 9.18 Å². The lowest BCUT2D eigenvalue weighted by molar-refractivity contribution is -0.111. The Hall–Kier alpha value is -3.32. The third-order valence-corrected chi connectivity index (χ3v) is 5.64. The van der Waals surface area contributed by atoms with Crippen LogP contribution in [0.4, 0.5) is 10.1 Å². The third-order valence-electron chi connectivity index (χ3n) is 5.64. The normalized spacial score (nSPS) is 17.2. The number of H-pyrrole nitrogens is 1. The number of aromatic nitrogens is 3. The van der Waals surface area contributed by atoms with Crippen LogP contribution in [-0.2, 0) is 17.9 Å². The predicted octanol–water partition coefficient (Wildman–Crippen LogP) is 3.94. The number of benzene rings is 1. The van der Waals surface area contributed by atoms with Crippen molar-refractivity contribution in [1.29, 1.82) is 0 Å². The SMILES string of the molecule is O=C(/C=C/c1cnccc1-c1cn[nH]c1)Nc1ccc2c(c1)CN(CC1(F)CC1)C2. The summed E-state index contributed by atoms with van der Waals surface area (Å²) in [6.07, 6.45) is 11.5. The van der Waals surface area contributed by atoms with Crippen molar-refractivity contribution in [3.8, 4) is 11.1 Å². The molecule has 2 aromatic heterocycles. The van der Waals surface area contributed by atoms with Crippen LogP contribution in [0.1, 0.15) is 29.5 Å². The maximum atomic E-state index is 14.1. The Balaban J connectivity index is 1.25. The van der Waals surface area contributed by atoms with Gasteiger partial charge in [-0.05, 0) is 53.8 Å².